The van der Waals surface area contributed by atoms with E-state index in [4.69, 9.17) is 4.74 Å². The van der Waals surface area contributed by atoms with Crippen molar-refractivity contribution in [1.82, 2.24) is 15.0 Å². The highest BCUT2D eigenvalue weighted by molar-refractivity contribution is 5.74. The summed E-state index contributed by atoms with van der Waals surface area (Å²) in [7, 11) is 0. The molecule has 0 fully saturated rings. The SMILES string of the molecule is CCC(CO)(CO)COC(=O)CCc1cc(-n2nc3ccccc3n2)c(O)c(C(C)(C)C)c1. The normalized spacial score (nSPS) is 12.3. The maximum atomic E-state index is 12.4. The molecule has 8 nitrogen and oxygen atoms in total. The molecule has 8 heteroatoms. The van der Waals surface area contributed by atoms with Crippen molar-refractivity contribution in [1.29, 1.82) is 0 Å². The zero-order valence-corrected chi connectivity index (χ0v) is 19.7. The quantitative estimate of drug-likeness (QED) is 0.424. The Hall–Kier alpha value is -2.97. The lowest BCUT2D eigenvalue weighted by molar-refractivity contribution is -0.149. The Morgan fingerprint density at radius 1 is 1.06 bits per heavy atom. The number of phenols is 1. The predicted octanol–water partition coefficient (Wildman–Crippen LogP) is 3.28. The number of hydrogen-bond donors (Lipinski definition) is 3. The zero-order chi connectivity index (χ0) is 24.2. The Labute approximate surface area is 193 Å². The number of nitrogens with zero attached hydrogens (tertiary/aromatic N) is 3. The minimum absolute atomic E-state index is 0.0345. The van der Waals surface area contributed by atoms with Gasteiger partial charge in [0.2, 0.25) is 0 Å². The molecule has 33 heavy (non-hydrogen) atoms. The van der Waals surface area contributed by atoms with E-state index in [0.717, 1.165) is 22.2 Å². The summed E-state index contributed by atoms with van der Waals surface area (Å²) in [5, 5.41) is 39.1. The van der Waals surface area contributed by atoms with Crippen LogP contribution in [0, 0.1) is 5.41 Å². The maximum Gasteiger partial charge on any atom is 0.306 e. The van der Waals surface area contributed by atoms with E-state index in [9.17, 15) is 20.1 Å². The van der Waals surface area contributed by atoms with Crippen molar-refractivity contribution in [2.24, 2.45) is 5.41 Å². The number of aryl methyl sites for hydroxylation is 1. The van der Waals surface area contributed by atoms with Crippen LogP contribution in [0.1, 0.15) is 51.7 Å². The number of aliphatic hydroxyl groups is 2. The monoisotopic (exact) mass is 455 g/mol. The average Bonchev–Trinajstić information content (AvgIpc) is 3.23. The van der Waals surface area contributed by atoms with Crippen molar-refractivity contribution >= 4 is 17.0 Å². The number of ether oxygens (including phenoxy) is 1. The minimum atomic E-state index is -0.825. The molecule has 0 aliphatic rings. The highest BCUT2D eigenvalue weighted by Crippen LogP contribution is 2.36. The number of aromatic nitrogens is 3. The van der Waals surface area contributed by atoms with Crippen molar-refractivity contribution in [2.75, 3.05) is 19.8 Å². The van der Waals surface area contributed by atoms with Gasteiger partial charge >= 0.3 is 5.97 Å². The fraction of sp³-hybridized carbons (Fsp3) is 0.480. The highest BCUT2D eigenvalue weighted by atomic mass is 16.5. The van der Waals surface area contributed by atoms with Gasteiger partial charge in [-0.15, -0.1) is 15.0 Å². The number of hydrogen-bond acceptors (Lipinski definition) is 7. The van der Waals surface area contributed by atoms with Gasteiger partial charge in [0.15, 0.2) is 0 Å². The Kier molecular flexibility index (Phi) is 7.39. The van der Waals surface area contributed by atoms with Crippen LogP contribution in [0.2, 0.25) is 0 Å². The van der Waals surface area contributed by atoms with Crippen LogP contribution in [0.4, 0.5) is 0 Å². The lowest BCUT2D eigenvalue weighted by Gasteiger charge is -2.27. The lowest BCUT2D eigenvalue weighted by Crippen LogP contribution is -2.35. The average molecular weight is 456 g/mol. The molecule has 2 aromatic carbocycles. The van der Waals surface area contributed by atoms with E-state index in [1.807, 2.05) is 58.0 Å². The van der Waals surface area contributed by atoms with Gasteiger partial charge in [0.1, 0.15) is 29.1 Å². The van der Waals surface area contributed by atoms with Gasteiger partial charge in [-0.3, -0.25) is 4.79 Å². The van der Waals surface area contributed by atoms with E-state index in [1.165, 1.54) is 4.80 Å². The highest BCUT2D eigenvalue weighted by Gasteiger charge is 2.29. The van der Waals surface area contributed by atoms with Crippen LogP contribution in [-0.2, 0) is 21.4 Å². The summed E-state index contributed by atoms with van der Waals surface area (Å²) < 4.78 is 5.34. The van der Waals surface area contributed by atoms with Gasteiger partial charge in [-0.05, 0) is 42.0 Å². The number of carbonyl (C=O) groups excluding carboxylic acids is 1. The molecule has 3 N–H and O–H groups in total. The van der Waals surface area contributed by atoms with Crippen molar-refractivity contribution in [3.05, 3.63) is 47.5 Å². The van der Waals surface area contributed by atoms with E-state index < -0.39 is 11.4 Å². The Balaban J connectivity index is 1.85. The number of rotatable bonds is 9. The van der Waals surface area contributed by atoms with Gasteiger partial charge in [0.05, 0.1) is 18.6 Å². The molecule has 0 aliphatic heterocycles. The molecular formula is C25H33N3O5. The van der Waals surface area contributed by atoms with E-state index in [-0.39, 0.29) is 37.4 Å². The molecular weight excluding hydrogens is 422 g/mol. The molecule has 0 spiro atoms. The van der Waals surface area contributed by atoms with Crippen LogP contribution in [0.25, 0.3) is 16.7 Å². The van der Waals surface area contributed by atoms with Gasteiger partial charge in [0.25, 0.3) is 0 Å². The maximum absolute atomic E-state index is 12.4. The van der Waals surface area contributed by atoms with Crippen LogP contribution in [-0.4, -0.2) is 56.1 Å². The molecule has 0 radical (unpaired) electrons. The summed E-state index contributed by atoms with van der Waals surface area (Å²) in [5.41, 5.74) is 2.30. The van der Waals surface area contributed by atoms with E-state index in [1.54, 1.807) is 6.07 Å². The first kappa shape index (κ1) is 24.7. The molecule has 0 aliphatic carbocycles. The zero-order valence-electron chi connectivity index (χ0n) is 19.7. The second-order valence-corrected chi connectivity index (χ2v) is 9.57. The van der Waals surface area contributed by atoms with E-state index >= 15 is 0 Å². The number of benzene rings is 2. The lowest BCUT2D eigenvalue weighted by atomic mass is 9.84. The van der Waals surface area contributed by atoms with Gasteiger partial charge in [0, 0.05) is 12.0 Å². The first-order valence-corrected chi connectivity index (χ1v) is 11.2. The third-order valence-electron chi connectivity index (χ3n) is 6.04. The molecule has 1 aromatic heterocycles. The number of carbonyl (C=O) groups is 1. The third-order valence-corrected chi connectivity index (χ3v) is 6.04. The van der Waals surface area contributed by atoms with Gasteiger partial charge in [-0.1, -0.05) is 45.9 Å². The standard InChI is InChI=1S/C25H33N3O5/c1-5-25(14-29,15-30)16-33-22(31)11-10-17-12-18(24(2,3)4)23(32)21(13-17)28-26-19-8-6-7-9-20(19)27-28/h6-9,12-13,29-30,32H,5,10-11,14-16H2,1-4H3. The fourth-order valence-electron chi connectivity index (χ4n) is 3.53. The molecule has 3 aromatic rings. The molecule has 3 rings (SSSR count). The predicted molar refractivity (Wildman–Crippen MR) is 125 cm³/mol. The molecule has 0 saturated carbocycles. The van der Waals surface area contributed by atoms with Crippen molar-refractivity contribution in [3.63, 3.8) is 0 Å². The molecule has 0 amide bonds. The van der Waals surface area contributed by atoms with E-state index in [0.29, 0.717) is 18.5 Å². The molecule has 0 bridgehead atoms. The molecule has 0 unspecified atom stereocenters. The van der Waals surface area contributed by atoms with Crippen LogP contribution < -0.4 is 0 Å². The Morgan fingerprint density at radius 3 is 2.18 bits per heavy atom. The number of aromatic hydroxyl groups is 1. The molecule has 0 saturated heterocycles. The summed E-state index contributed by atoms with van der Waals surface area (Å²) in [6.07, 6.45) is 1.01. The largest absolute Gasteiger partial charge is 0.505 e. The van der Waals surface area contributed by atoms with Crippen LogP contribution in [0.5, 0.6) is 5.75 Å². The summed E-state index contributed by atoms with van der Waals surface area (Å²) in [6.45, 7) is 7.30. The third kappa shape index (κ3) is 5.51. The fourth-order valence-corrected chi connectivity index (χ4v) is 3.53. The summed E-state index contributed by atoms with van der Waals surface area (Å²) in [6, 6.07) is 11.2. The van der Waals surface area contributed by atoms with Crippen molar-refractivity contribution in [2.45, 2.75) is 52.4 Å². The summed E-state index contributed by atoms with van der Waals surface area (Å²) >= 11 is 0. The second kappa shape index (κ2) is 9.89. The van der Waals surface area contributed by atoms with Crippen LogP contribution in [0.3, 0.4) is 0 Å². The van der Waals surface area contributed by atoms with Gasteiger partial charge in [-0.25, -0.2) is 0 Å². The molecule has 0 atom stereocenters. The summed E-state index contributed by atoms with van der Waals surface area (Å²) in [4.78, 5) is 13.8. The molecule has 178 valence electrons. The van der Waals surface area contributed by atoms with Gasteiger partial charge in [-0.2, -0.15) is 0 Å². The number of esters is 1. The first-order chi connectivity index (χ1) is 15.6. The van der Waals surface area contributed by atoms with Crippen molar-refractivity contribution in [3.8, 4) is 11.4 Å². The van der Waals surface area contributed by atoms with E-state index in [2.05, 4.69) is 10.2 Å². The van der Waals surface area contributed by atoms with Crippen molar-refractivity contribution < 1.29 is 24.9 Å². The number of aliphatic hydroxyl groups excluding tert-OH is 2. The number of fused-ring (bicyclic) bond motifs is 1. The minimum Gasteiger partial charge on any atom is -0.505 e. The summed E-state index contributed by atoms with van der Waals surface area (Å²) in [5.74, 6) is -0.308. The first-order valence-electron chi connectivity index (χ1n) is 11.2. The van der Waals surface area contributed by atoms with Crippen LogP contribution >= 0.6 is 0 Å². The topological polar surface area (TPSA) is 118 Å². The second-order valence-electron chi connectivity index (χ2n) is 9.57. The smallest absolute Gasteiger partial charge is 0.306 e. The number of phenolic OH excluding ortho intramolecular Hbond substituents is 1. The Bertz CT molecular complexity index is 1070. The Morgan fingerprint density at radius 2 is 1.67 bits per heavy atom. The van der Waals surface area contributed by atoms with Crippen LogP contribution in [0.15, 0.2) is 36.4 Å². The van der Waals surface area contributed by atoms with Gasteiger partial charge < -0.3 is 20.1 Å². The molecule has 1 heterocycles.